The van der Waals surface area contributed by atoms with Crippen molar-refractivity contribution in [1.29, 1.82) is 0 Å². The molecule has 6 heteroatoms. The molecule has 3 rings (SSSR count). The third kappa shape index (κ3) is 3.42. The second-order valence-corrected chi connectivity index (χ2v) is 6.72. The Morgan fingerprint density at radius 3 is 2.91 bits per heavy atom. The van der Waals surface area contributed by atoms with Gasteiger partial charge in [-0.2, -0.15) is 0 Å². The highest BCUT2D eigenvalue weighted by Crippen LogP contribution is 2.36. The number of hydrogen-bond acceptors (Lipinski definition) is 3. The summed E-state index contributed by atoms with van der Waals surface area (Å²) in [4.78, 5) is 25.6. The minimum Gasteiger partial charge on any atom is -0.368 e. The highest BCUT2D eigenvalue weighted by atomic mass is 16.5. The predicted octanol–water partition coefficient (Wildman–Crippen LogP) is 1.31. The van der Waals surface area contributed by atoms with Gasteiger partial charge in [0.05, 0.1) is 11.7 Å². The van der Waals surface area contributed by atoms with E-state index < -0.39 is 0 Å². The van der Waals surface area contributed by atoms with Crippen molar-refractivity contribution in [2.75, 3.05) is 19.6 Å². The van der Waals surface area contributed by atoms with Crippen LogP contribution in [0.15, 0.2) is 18.3 Å². The quantitative estimate of drug-likeness (QED) is 0.914. The molecule has 0 unspecified atom stereocenters. The van der Waals surface area contributed by atoms with Crippen molar-refractivity contribution in [3.63, 3.8) is 0 Å². The number of likely N-dealkylation sites (tertiary alicyclic amines) is 1. The number of amides is 2. The Hall–Kier alpha value is -1.82. The number of ether oxygens (including phenoxy) is 1. The fourth-order valence-corrected chi connectivity index (χ4v) is 3.67. The normalized spacial score (nSPS) is 27.4. The lowest BCUT2D eigenvalue weighted by atomic mass is 9.90. The first-order valence-electron chi connectivity index (χ1n) is 8.32. The molecule has 23 heavy (non-hydrogen) atoms. The third-order valence-corrected chi connectivity index (χ3v) is 5.00. The summed E-state index contributed by atoms with van der Waals surface area (Å²) in [6.45, 7) is 3.59. The molecule has 1 spiro atoms. The van der Waals surface area contributed by atoms with Crippen molar-refractivity contribution in [1.82, 2.24) is 14.8 Å². The van der Waals surface area contributed by atoms with Crippen LogP contribution in [0.5, 0.6) is 0 Å². The molecular formula is C17H25N3O3. The minimum absolute atomic E-state index is 0.0277. The van der Waals surface area contributed by atoms with Crippen LogP contribution in [0.4, 0.5) is 0 Å². The summed E-state index contributed by atoms with van der Waals surface area (Å²) in [5.74, 6) is 0.0436. The summed E-state index contributed by atoms with van der Waals surface area (Å²) in [5, 5.41) is 2.97. The summed E-state index contributed by atoms with van der Waals surface area (Å²) < 4.78 is 8.10. The number of carbonyl (C=O) groups is 2. The minimum atomic E-state index is -0.204. The Morgan fingerprint density at radius 1 is 1.43 bits per heavy atom. The van der Waals surface area contributed by atoms with Gasteiger partial charge in [0.2, 0.25) is 5.91 Å². The topological polar surface area (TPSA) is 63.6 Å². The van der Waals surface area contributed by atoms with Crippen molar-refractivity contribution in [2.24, 2.45) is 7.05 Å². The van der Waals surface area contributed by atoms with Crippen LogP contribution in [0.1, 0.15) is 43.1 Å². The van der Waals surface area contributed by atoms with Crippen LogP contribution in [-0.4, -0.2) is 52.6 Å². The van der Waals surface area contributed by atoms with Gasteiger partial charge in [-0.1, -0.05) is 0 Å². The Kier molecular flexibility index (Phi) is 4.43. The Labute approximate surface area is 136 Å². The van der Waals surface area contributed by atoms with Crippen LogP contribution in [-0.2, 0) is 16.6 Å². The van der Waals surface area contributed by atoms with Gasteiger partial charge in [-0.3, -0.25) is 9.59 Å². The van der Waals surface area contributed by atoms with E-state index in [1.807, 2.05) is 24.2 Å². The van der Waals surface area contributed by atoms with Gasteiger partial charge in [0.25, 0.3) is 5.91 Å². The van der Waals surface area contributed by atoms with Crippen LogP contribution in [0.2, 0.25) is 0 Å². The summed E-state index contributed by atoms with van der Waals surface area (Å²) in [6.07, 6.45) is 5.81. The lowest BCUT2D eigenvalue weighted by molar-refractivity contribution is -0.135. The zero-order valence-electron chi connectivity index (χ0n) is 13.9. The summed E-state index contributed by atoms with van der Waals surface area (Å²) in [6, 6.07) is 3.66. The van der Waals surface area contributed by atoms with E-state index in [1.54, 1.807) is 17.6 Å². The SMILES string of the molecule is CC(=O)N1CC[C@]2(CCC[C@H](CNC(=O)c3cccn3C)O2)C1. The summed E-state index contributed by atoms with van der Waals surface area (Å²) in [7, 11) is 1.86. The number of rotatable bonds is 3. The van der Waals surface area contributed by atoms with Gasteiger partial charge in [-0.25, -0.2) is 0 Å². The molecule has 3 heterocycles. The van der Waals surface area contributed by atoms with Crippen molar-refractivity contribution >= 4 is 11.8 Å². The first kappa shape index (κ1) is 16.1. The monoisotopic (exact) mass is 319 g/mol. The van der Waals surface area contributed by atoms with E-state index in [0.717, 1.165) is 32.2 Å². The van der Waals surface area contributed by atoms with Gasteiger partial charge >= 0.3 is 0 Å². The van der Waals surface area contributed by atoms with Gasteiger partial charge in [-0.05, 0) is 37.8 Å². The molecule has 126 valence electrons. The number of aromatic nitrogens is 1. The highest BCUT2D eigenvalue weighted by molar-refractivity contribution is 5.92. The van der Waals surface area contributed by atoms with Crippen LogP contribution >= 0.6 is 0 Å². The Bertz CT molecular complexity index is 598. The molecule has 0 aromatic carbocycles. The molecule has 2 saturated heterocycles. The van der Waals surface area contributed by atoms with Crippen LogP contribution < -0.4 is 5.32 Å². The molecule has 6 nitrogen and oxygen atoms in total. The standard InChI is InChI=1S/C17H25N3O3/c1-13(21)20-10-8-17(12-20)7-3-5-14(23-17)11-18-16(22)15-6-4-9-19(15)2/h4,6,9,14H,3,5,7-8,10-12H2,1-2H3,(H,18,22)/t14-,17-/m1/s1. The van der Waals surface area contributed by atoms with Crippen LogP contribution in [0.25, 0.3) is 0 Å². The molecule has 2 aliphatic heterocycles. The van der Waals surface area contributed by atoms with E-state index >= 15 is 0 Å². The van der Waals surface area contributed by atoms with E-state index in [4.69, 9.17) is 4.74 Å². The lowest BCUT2D eigenvalue weighted by Gasteiger charge is -2.38. The molecule has 0 bridgehead atoms. The number of nitrogens with zero attached hydrogens (tertiary/aromatic N) is 2. The van der Waals surface area contributed by atoms with E-state index in [-0.39, 0.29) is 23.5 Å². The van der Waals surface area contributed by atoms with Crippen molar-refractivity contribution in [3.8, 4) is 0 Å². The zero-order chi connectivity index (χ0) is 16.4. The summed E-state index contributed by atoms with van der Waals surface area (Å²) in [5.41, 5.74) is 0.448. The second-order valence-electron chi connectivity index (χ2n) is 6.72. The smallest absolute Gasteiger partial charge is 0.267 e. The number of aryl methyl sites for hydroxylation is 1. The first-order chi connectivity index (χ1) is 11.0. The number of nitrogens with one attached hydrogen (secondary N) is 1. The van der Waals surface area contributed by atoms with Crippen molar-refractivity contribution < 1.29 is 14.3 Å². The van der Waals surface area contributed by atoms with Gasteiger partial charge in [0.15, 0.2) is 0 Å². The molecule has 2 atom stereocenters. The maximum Gasteiger partial charge on any atom is 0.267 e. The number of carbonyl (C=O) groups excluding carboxylic acids is 2. The maximum absolute atomic E-state index is 12.2. The molecule has 1 N–H and O–H groups in total. The van der Waals surface area contributed by atoms with Gasteiger partial charge in [0, 0.05) is 39.8 Å². The highest BCUT2D eigenvalue weighted by Gasteiger charge is 2.43. The third-order valence-electron chi connectivity index (χ3n) is 5.00. The Balaban J connectivity index is 1.54. The van der Waals surface area contributed by atoms with E-state index in [0.29, 0.717) is 18.8 Å². The van der Waals surface area contributed by atoms with Crippen molar-refractivity contribution in [3.05, 3.63) is 24.0 Å². The molecule has 0 aliphatic carbocycles. The molecule has 2 fully saturated rings. The molecular weight excluding hydrogens is 294 g/mol. The molecule has 2 aliphatic rings. The van der Waals surface area contributed by atoms with Crippen molar-refractivity contribution in [2.45, 2.75) is 44.3 Å². The first-order valence-corrected chi connectivity index (χ1v) is 8.32. The molecule has 1 aromatic rings. The number of hydrogen-bond donors (Lipinski definition) is 1. The fourth-order valence-electron chi connectivity index (χ4n) is 3.67. The summed E-state index contributed by atoms with van der Waals surface area (Å²) >= 11 is 0. The second kappa shape index (κ2) is 6.35. The molecule has 0 saturated carbocycles. The molecule has 2 amide bonds. The Morgan fingerprint density at radius 2 is 2.26 bits per heavy atom. The average molecular weight is 319 g/mol. The van der Waals surface area contributed by atoms with Crippen LogP contribution in [0, 0.1) is 0 Å². The van der Waals surface area contributed by atoms with Gasteiger partial charge in [-0.15, -0.1) is 0 Å². The largest absolute Gasteiger partial charge is 0.368 e. The lowest BCUT2D eigenvalue weighted by Crippen LogP contribution is -2.47. The van der Waals surface area contributed by atoms with E-state index in [9.17, 15) is 9.59 Å². The average Bonchev–Trinajstić information content (AvgIpc) is 3.12. The van der Waals surface area contributed by atoms with E-state index in [1.165, 1.54) is 0 Å². The van der Waals surface area contributed by atoms with Gasteiger partial charge in [0.1, 0.15) is 5.69 Å². The van der Waals surface area contributed by atoms with Gasteiger partial charge < -0.3 is 19.5 Å². The maximum atomic E-state index is 12.2. The molecule has 0 radical (unpaired) electrons. The van der Waals surface area contributed by atoms with Crippen LogP contribution in [0.3, 0.4) is 0 Å². The predicted molar refractivity (Wildman–Crippen MR) is 86.1 cm³/mol. The zero-order valence-corrected chi connectivity index (χ0v) is 13.9. The van der Waals surface area contributed by atoms with E-state index in [2.05, 4.69) is 5.32 Å². The fraction of sp³-hybridized carbons (Fsp3) is 0.647. The molecule has 1 aromatic heterocycles.